The molecule has 118 valence electrons. The van der Waals surface area contributed by atoms with Gasteiger partial charge in [0.1, 0.15) is 4.60 Å². The molecule has 0 aliphatic rings. The van der Waals surface area contributed by atoms with E-state index in [2.05, 4.69) is 21.0 Å². The molecule has 2 rings (SSSR count). The van der Waals surface area contributed by atoms with Crippen LogP contribution in [0.4, 0.5) is 26.3 Å². The van der Waals surface area contributed by atoms with Crippen molar-refractivity contribution >= 4 is 15.9 Å². The Morgan fingerprint density at radius 2 is 1.41 bits per heavy atom. The first-order valence-electron chi connectivity index (χ1n) is 5.54. The first-order chi connectivity index (χ1) is 9.98. The molecule has 0 bridgehead atoms. The molecule has 0 saturated heterocycles. The zero-order valence-corrected chi connectivity index (χ0v) is 11.9. The number of rotatable bonds is 1. The van der Waals surface area contributed by atoms with Gasteiger partial charge in [0.25, 0.3) is 5.56 Å². The second kappa shape index (κ2) is 5.41. The molecule has 0 aliphatic heterocycles. The number of hydrogen-bond acceptors (Lipinski definition) is 2. The van der Waals surface area contributed by atoms with Crippen molar-refractivity contribution in [3.63, 3.8) is 0 Å². The number of halogens is 7. The predicted molar refractivity (Wildman–Crippen MR) is 67.5 cm³/mol. The summed E-state index contributed by atoms with van der Waals surface area (Å²) in [6.45, 7) is 0. The molecule has 3 nitrogen and oxygen atoms in total. The van der Waals surface area contributed by atoms with E-state index >= 15 is 0 Å². The Morgan fingerprint density at radius 3 is 1.86 bits per heavy atom. The van der Waals surface area contributed by atoms with Gasteiger partial charge in [0.05, 0.1) is 16.8 Å². The van der Waals surface area contributed by atoms with E-state index in [9.17, 15) is 31.1 Å². The van der Waals surface area contributed by atoms with Crippen LogP contribution in [0.5, 0.6) is 0 Å². The highest BCUT2D eigenvalue weighted by Crippen LogP contribution is 2.36. The molecule has 0 unspecified atom stereocenters. The minimum atomic E-state index is -4.99. The Kier molecular flexibility index (Phi) is 4.07. The number of aromatic nitrogens is 2. The number of nitrogens with zero attached hydrogens (tertiary/aromatic N) is 2. The summed E-state index contributed by atoms with van der Waals surface area (Å²) >= 11 is 2.89. The molecular formula is C12H5BrF6N2O. The van der Waals surface area contributed by atoms with Gasteiger partial charge >= 0.3 is 12.4 Å². The molecule has 1 aromatic heterocycles. The van der Waals surface area contributed by atoms with Gasteiger partial charge in [0.15, 0.2) is 0 Å². The summed E-state index contributed by atoms with van der Waals surface area (Å²) in [5.74, 6) is 0. The molecule has 0 radical (unpaired) electrons. The van der Waals surface area contributed by atoms with Crippen LogP contribution in [0, 0.1) is 0 Å². The quantitative estimate of drug-likeness (QED) is 0.693. The Morgan fingerprint density at radius 1 is 0.909 bits per heavy atom. The Labute approximate surface area is 127 Å². The fraction of sp³-hybridized carbons (Fsp3) is 0.167. The van der Waals surface area contributed by atoms with Crippen molar-refractivity contribution < 1.29 is 26.3 Å². The van der Waals surface area contributed by atoms with Gasteiger partial charge in [-0.1, -0.05) is 0 Å². The molecular weight excluding hydrogens is 382 g/mol. The lowest BCUT2D eigenvalue weighted by molar-refractivity contribution is -0.143. The maximum atomic E-state index is 12.7. The largest absolute Gasteiger partial charge is 0.416 e. The molecule has 0 fully saturated rings. The van der Waals surface area contributed by atoms with Gasteiger partial charge < -0.3 is 0 Å². The normalized spacial score (nSPS) is 12.5. The average Bonchev–Trinajstić information content (AvgIpc) is 2.39. The fourth-order valence-corrected chi connectivity index (χ4v) is 1.93. The summed E-state index contributed by atoms with van der Waals surface area (Å²) in [6, 6.07) is 3.01. The number of alkyl halides is 6. The molecule has 0 spiro atoms. The first-order valence-corrected chi connectivity index (χ1v) is 6.33. The Balaban J connectivity index is 2.76. The summed E-state index contributed by atoms with van der Waals surface area (Å²) in [6.07, 6.45) is -9.99. The monoisotopic (exact) mass is 386 g/mol. The number of benzene rings is 1. The summed E-state index contributed by atoms with van der Waals surface area (Å²) < 4.78 is 77.0. The highest BCUT2D eigenvalue weighted by molar-refractivity contribution is 9.10. The summed E-state index contributed by atoms with van der Waals surface area (Å²) in [5.41, 5.74) is -4.54. The van der Waals surface area contributed by atoms with E-state index < -0.39 is 34.7 Å². The molecule has 0 amide bonds. The van der Waals surface area contributed by atoms with Crippen molar-refractivity contribution in [2.75, 3.05) is 0 Å². The van der Waals surface area contributed by atoms with Crippen LogP contribution in [0.2, 0.25) is 0 Å². The van der Waals surface area contributed by atoms with Crippen LogP contribution in [-0.2, 0) is 12.4 Å². The van der Waals surface area contributed by atoms with Crippen LogP contribution in [0.25, 0.3) is 5.69 Å². The average molecular weight is 387 g/mol. The van der Waals surface area contributed by atoms with Crippen molar-refractivity contribution in [2.24, 2.45) is 0 Å². The van der Waals surface area contributed by atoms with Crippen molar-refractivity contribution in [1.29, 1.82) is 0 Å². The molecule has 1 heterocycles. The van der Waals surface area contributed by atoms with Crippen LogP contribution in [-0.4, -0.2) is 9.78 Å². The predicted octanol–water partition coefficient (Wildman–Crippen LogP) is 4.03. The van der Waals surface area contributed by atoms with Crippen molar-refractivity contribution in [3.8, 4) is 5.69 Å². The van der Waals surface area contributed by atoms with Crippen LogP contribution in [0.15, 0.2) is 39.7 Å². The van der Waals surface area contributed by atoms with E-state index in [1.807, 2.05) is 0 Å². The van der Waals surface area contributed by atoms with Gasteiger partial charge in [-0.15, -0.1) is 0 Å². The van der Waals surface area contributed by atoms with E-state index in [1.54, 1.807) is 0 Å². The van der Waals surface area contributed by atoms with Gasteiger partial charge in [0.2, 0.25) is 0 Å². The standard InChI is InChI=1S/C12H5BrF6N2O/c13-9-1-2-10(22)21(20-9)8-4-6(11(14,15)16)3-7(5-8)12(17,18)19/h1-5H. The van der Waals surface area contributed by atoms with E-state index in [1.165, 1.54) is 6.07 Å². The highest BCUT2D eigenvalue weighted by Gasteiger charge is 2.37. The summed E-state index contributed by atoms with van der Waals surface area (Å²) in [7, 11) is 0. The highest BCUT2D eigenvalue weighted by atomic mass is 79.9. The molecule has 0 N–H and O–H groups in total. The lowest BCUT2D eigenvalue weighted by Crippen LogP contribution is -2.21. The maximum Gasteiger partial charge on any atom is 0.416 e. The molecule has 1 aromatic carbocycles. The van der Waals surface area contributed by atoms with E-state index in [-0.39, 0.29) is 10.7 Å². The van der Waals surface area contributed by atoms with Crippen molar-refractivity contribution in [2.45, 2.75) is 12.4 Å². The van der Waals surface area contributed by atoms with E-state index in [0.29, 0.717) is 16.8 Å². The zero-order chi connectivity index (χ0) is 16.7. The van der Waals surface area contributed by atoms with Crippen LogP contribution in [0.3, 0.4) is 0 Å². The number of hydrogen-bond donors (Lipinski definition) is 0. The van der Waals surface area contributed by atoms with Crippen molar-refractivity contribution in [1.82, 2.24) is 9.78 Å². The summed E-state index contributed by atoms with van der Waals surface area (Å²) in [4.78, 5) is 11.6. The molecule has 10 heteroatoms. The maximum absolute atomic E-state index is 12.7. The first kappa shape index (κ1) is 16.5. The minimum absolute atomic E-state index is 0.0213. The fourth-order valence-electron chi connectivity index (χ4n) is 1.63. The second-order valence-corrected chi connectivity index (χ2v) is 4.98. The van der Waals surface area contributed by atoms with E-state index in [4.69, 9.17) is 0 Å². The lowest BCUT2D eigenvalue weighted by atomic mass is 10.1. The third-order valence-electron chi connectivity index (χ3n) is 2.58. The van der Waals surface area contributed by atoms with Crippen molar-refractivity contribution in [3.05, 3.63) is 56.4 Å². The topological polar surface area (TPSA) is 34.9 Å². The molecule has 0 atom stereocenters. The molecule has 0 aliphatic carbocycles. The molecule has 22 heavy (non-hydrogen) atoms. The Bertz CT molecular complexity index is 733. The third-order valence-corrected chi connectivity index (χ3v) is 3.01. The molecule has 2 aromatic rings. The van der Waals surface area contributed by atoms with Gasteiger partial charge in [-0.2, -0.15) is 36.1 Å². The second-order valence-electron chi connectivity index (χ2n) is 4.17. The minimum Gasteiger partial charge on any atom is -0.267 e. The Hall–Kier alpha value is -1.84. The third kappa shape index (κ3) is 3.49. The SMILES string of the molecule is O=c1ccc(Br)nn1-c1cc(C(F)(F)F)cc(C(F)(F)F)c1. The van der Waals surface area contributed by atoms with Gasteiger partial charge in [-0.05, 0) is 40.2 Å². The van der Waals surface area contributed by atoms with Crippen LogP contribution in [0.1, 0.15) is 11.1 Å². The zero-order valence-electron chi connectivity index (χ0n) is 10.3. The smallest absolute Gasteiger partial charge is 0.267 e. The molecule has 0 saturated carbocycles. The van der Waals surface area contributed by atoms with Crippen LogP contribution < -0.4 is 5.56 Å². The van der Waals surface area contributed by atoms with Gasteiger partial charge in [-0.25, -0.2) is 0 Å². The van der Waals surface area contributed by atoms with E-state index in [0.717, 1.165) is 6.07 Å². The van der Waals surface area contributed by atoms with Crippen LogP contribution >= 0.6 is 15.9 Å². The lowest BCUT2D eigenvalue weighted by Gasteiger charge is -2.14. The summed E-state index contributed by atoms with van der Waals surface area (Å²) in [5, 5.41) is 3.58. The van der Waals surface area contributed by atoms with Gasteiger partial charge in [0, 0.05) is 6.07 Å². The van der Waals surface area contributed by atoms with Gasteiger partial charge in [-0.3, -0.25) is 4.79 Å².